The molecule has 0 radical (unpaired) electrons. The van der Waals surface area contributed by atoms with Gasteiger partial charge in [0, 0.05) is 43.8 Å². The second-order valence-electron chi connectivity index (χ2n) is 6.68. The molecule has 7 heteroatoms. The first-order chi connectivity index (χ1) is 12.1. The molecule has 2 aromatic rings. The Morgan fingerprint density at radius 2 is 1.92 bits per heavy atom. The van der Waals surface area contributed by atoms with E-state index in [4.69, 9.17) is 9.62 Å². The highest BCUT2D eigenvalue weighted by atomic mass is 16.5. The molecule has 7 nitrogen and oxygen atoms in total. The standard InChI is InChI=1S/C18H24N4O3/c1-13-7-21(8-14(2)22(13)10-17-11-25-12-19-17)9-15-3-5-16(6-4-15)18(23)20-24/h3-6,11-14,24H,7-10H2,1-2H3,(H,20,23)/t13-,14+. The van der Waals surface area contributed by atoms with Gasteiger partial charge in [-0.1, -0.05) is 12.1 Å². The van der Waals surface area contributed by atoms with Crippen LogP contribution in [0.2, 0.25) is 0 Å². The van der Waals surface area contributed by atoms with Crippen LogP contribution in [0.1, 0.15) is 35.5 Å². The Hall–Kier alpha value is -2.22. The number of rotatable bonds is 5. The third-order valence-corrected chi connectivity index (χ3v) is 4.73. The second kappa shape index (κ2) is 7.77. The average molecular weight is 344 g/mol. The van der Waals surface area contributed by atoms with Crippen LogP contribution in [0.4, 0.5) is 0 Å². The van der Waals surface area contributed by atoms with E-state index in [9.17, 15) is 4.79 Å². The maximum absolute atomic E-state index is 11.4. The number of nitrogens with one attached hydrogen (secondary N) is 1. The first kappa shape index (κ1) is 17.6. The number of aromatic nitrogens is 1. The summed E-state index contributed by atoms with van der Waals surface area (Å²) in [6, 6.07) is 8.16. The fourth-order valence-corrected chi connectivity index (χ4v) is 3.49. The molecule has 0 spiro atoms. The van der Waals surface area contributed by atoms with Gasteiger partial charge >= 0.3 is 0 Å². The van der Waals surface area contributed by atoms with E-state index in [0.717, 1.165) is 37.4 Å². The zero-order chi connectivity index (χ0) is 17.8. The van der Waals surface area contributed by atoms with Gasteiger partial charge in [-0.15, -0.1) is 0 Å². The number of carbonyl (C=O) groups excluding carboxylic acids is 1. The van der Waals surface area contributed by atoms with E-state index in [1.54, 1.807) is 23.9 Å². The Morgan fingerprint density at radius 3 is 2.48 bits per heavy atom. The Balaban J connectivity index is 1.59. The highest BCUT2D eigenvalue weighted by Gasteiger charge is 2.29. The van der Waals surface area contributed by atoms with E-state index in [-0.39, 0.29) is 0 Å². The molecular weight excluding hydrogens is 320 g/mol. The van der Waals surface area contributed by atoms with Crippen LogP contribution in [0.3, 0.4) is 0 Å². The summed E-state index contributed by atoms with van der Waals surface area (Å²) in [6.45, 7) is 8.06. The van der Waals surface area contributed by atoms with Crippen molar-refractivity contribution in [1.29, 1.82) is 0 Å². The van der Waals surface area contributed by atoms with Crippen LogP contribution < -0.4 is 5.48 Å². The lowest BCUT2D eigenvalue weighted by Gasteiger charge is -2.44. The van der Waals surface area contributed by atoms with Crippen molar-refractivity contribution in [2.75, 3.05) is 13.1 Å². The summed E-state index contributed by atoms with van der Waals surface area (Å²) >= 11 is 0. The lowest BCUT2D eigenvalue weighted by atomic mass is 10.1. The molecule has 1 aromatic heterocycles. The van der Waals surface area contributed by atoms with Gasteiger partial charge in [0.25, 0.3) is 5.91 Å². The predicted molar refractivity (Wildman–Crippen MR) is 91.9 cm³/mol. The molecule has 1 saturated heterocycles. The van der Waals surface area contributed by atoms with E-state index in [1.165, 1.54) is 6.39 Å². The third kappa shape index (κ3) is 4.25. The summed E-state index contributed by atoms with van der Waals surface area (Å²) in [7, 11) is 0. The molecule has 0 saturated carbocycles. The minimum atomic E-state index is -0.490. The molecule has 2 atom stereocenters. The summed E-state index contributed by atoms with van der Waals surface area (Å²) in [4.78, 5) is 20.5. The molecule has 2 heterocycles. The summed E-state index contributed by atoms with van der Waals surface area (Å²) in [5.74, 6) is -0.490. The molecule has 25 heavy (non-hydrogen) atoms. The van der Waals surface area contributed by atoms with Gasteiger partial charge in [0.05, 0.1) is 5.69 Å². The largest absolute Gasteiger partial charge is 0.451 e. The first-order valence-electron chi connectivity index (χ1n) is 8.45. The van der Waals surface area contributed by atoms with Gasteiger partial charge in [0.2, 0.25) is 0 Å². The van der Waals surface area contributed by atoms with Crippen LogP contribution in [-0.4, -0.2) is 51.1 Å². The van der Waals surface area contributed by atoms with E-state index in [1.807, 2.05) is 12.1 Å². The molecular formula is C18H24N4O3. The number of benzene rings is 1. The van der Waals surface area contributed by atoms with Crippen molar-refractivity contribution < 1.29 is 14.4 Å². The van der Waals surface area contributed by atoms with Crippen molar-refractivity contribution in [1.82, 2.24) is 20.3 Å². The molecule has 1 aliphatic heterocycles. The number of hydrogen-bond donors (Lipinski definition) is 2. The van der Waals surface area contributed by atoms with E-state index in [2.05, 4.69) is 28.6 Å². The Morgan fingerprint density at radius 1 is 1.24 bits per heavy atom. The molecule has 0 unspecified atom stereocenters. The van der Waals surface area contributed by atoms with Crippen LogP contribution in [0.15, 0.2) is 41.3 Å². The highest BCUT2D eigenvalue weighted by molar-refractivity contribution is 5.93. The normalized spacial score (nSPS) is 22.0. The molecule has 1 amide bonds. The quantitative estimate of drug-likeness (QED) is 0.637. The molecule has 1 aliphatic rings. The van der Waals surface area contributed by atoms with Crippen LogP contribution in [0, 0.1) is 0 Å². The van der Waals surface area contributed by atoms with E-state index in [0.29, 0.717) is 17.6 Å². The van der Waals surface area contributed by atoms with Crippen molar-refractivity contribution in [2.45, 2.75) is 39.0 Å². The van der Waals surface area contributed by atoms with Crippen LogP contribution in [-0.2, 0) is 13.1 Å². The van der Waals surface area contributed by atoms with Crippen molar-refractivity contribution in [3.05, 3.63) is 53.7 Å². The number of piperazine rings is 1. The average Bonchev–Trinajstić information content (AvgIpc) is 3.11. The van der Waals surface area contributed by atoms with Crippen molar-refractivity contribution in [3.8, 4) is 0 Å². The van der Waals surface area contributed by atoms with Crippen molar-refractivity contribution in [2.24, 2.45) is 0 Å². The fourth-order valence-electron chi connectivity index (χ4n) is 3.49. The number of hydroxylamine groups is 1. The summed E-state index contributed by atoms with van der Waals surface area (Å²) in [5, 5.41) is 8.67. The first-order valence-corrected chi connectivity index (χ1v) is 8.45. The fraction of sp³-hybridized carbons (Fsp3) is 0.444. The molecule has 1 fully saturated rings. The Labute approximate surface area is 147 Å². The predicted octanol–water partition coefficient (Wildman–Crippen LogP) is 1.89. The summed E-state index contributed by atoms with van der Waals surface area (Å²) in [6.07, 6.45) is 3.18. The van der Waals surface area contributed by atoms with Gasteiger partial charge in [-0.2, -0.15) is 0 Å². The molecule has 0 bridgehead atoms. The van der Waals surface area contributed by atoms with Crippen LogP contribution in [0.5, 0.6) is 0 Å². The molecule has 134 valence electrons. The van der Waals surface area contributed by atoms with Gasteiger partial charge in [-0.25, -0.2) is 10.5 Å². The summed E-state index contributed by atoms with van der Waals surface area (Å²) < 4.78 is 5.07. The van der Waals surface area contributed by atoms with E-state index < -0.39 is 5.91 Å². The Kier molecular flexibility index (Phi) is 5.47. The van der Waals surface area contributed by atoms with Gasteiger partial charge in [0.15, 0.2) is 6.39 Å². The number of oxazole rings is 1. The van der Waals surface area contributed by atoms with E-state index >= 15 is 0 Å². The summed E-state index contributed by atoms with van der Waals surface area (Å²) in [5.41, 5.74) is 4.21. The van der Waals surface area contributed by atoms with Crippen LogP contribution >= 0.6 is 0 Å². The second-order valence-corrected chi connectivity index (χ2v) is 6.68. The number of carbonyl (C=O) groups is 1. The smallest absolute Gasteiger partial charge is 0.274 e. The number of hydrogen-bond acceptors (Lipinski definition) is 6. The SMILES string of the molecule is C[C@@H]1CN(Cc2ccc(C(=O)NO)cc2)C[C@H](C)N1Cc1cocn1. The zero-order valence-corrected chi connectivity index (χ0v) is 14.6. The van der Waals surface area contributed by atoms with Gasteiger partial charge < -0.3 is 4.42 Å². The lowest BCUT2D eigenvalue weighted by molar-refractivity contribution is 0.0281. The molecule has 0 aliphatic carbocycles. The van der Waals surface area contributed by atoms with Crippen LogP contribution in [0.25, 0.3) is 0 Å². The third-order valence-electron chi connectivity index (χ3n) is 4.73. The monoisotopic (exact) mass is 344 g/mol. The van der Waals surface area contributed by atoms with Gasteiger partial charge in [-0.3, -0.25) is 19.8 Å². The maximum Gasteiger partial charge on any atom is 0.274 e. The minimum absolute atomic E-state index is 0.417. The lowest BCUT2D eigenvalue weighted by Crippen LogP contribution is -2.55. The maximum atomic E-state index is 11.4. The molecule has 2 N–H and O–H groups in total. The zero-order valence-electron chi connectivity index (χ0n) is 14.6. The van der Waals surface area contributed by atoms with Gasteiger partial charge in [0.1, 0.15) is 6.26 Å². The molecule has 3 rings (SSSR count). The number of amides is 1. The minimum Gasteiger partial charge on any atom is -0.451 e. The Bertz CT molecular complexity index is 675. The topological polar surface area (TPSA) is 81.8 Å². The number of nitrogens with zero attached hydrogens (tertiary/aromatic N) is 3. The van der Waals surface area contributed by atoms with Crippen molar-refractivity contribution in [3.63, 3.8) is 0 Å². The highest BCUT2D eigenvalue weighted by Crippen LogP contribution is 2.20. The molecule has 1 aromatic carbocycles. The van der Waals surface area contributed by atoms with Gasteiger partial charge in [-0.05, 0) is 31.5 Å². The van der Waals surface area contributed by atoms with Crippen molar-refractivity contribution >= 4 is 5.91 Å².